The molecule has 1 aromatic rings. The summed E-state index contributed by atoms with van der Waals surface area (Å²) in [5, 5.41) is 8.96. The van der Waals surface area contributed by atoms with E-state index in [4.69, 9.17) is 14.6 Å². The monoisotopic (exact) mass is 282 g/mol. The zero-order valence-electron chi connectivity index (χ0n) is 12.2. The lowest BCUT2D eigenvalue weighted by Crippen LogP contribution is -2.38. The van der Waals surface area contributed by atoms with E-state index in [1.807, 2.05) is 6.07 Å². The van der Waals surface area contributed by atoms with Crippen LogP contribution >= 0.6 is 0 Å². The molecule has 1 aromatic heterocycles. The van der Waals surface area contributed by atoms with Gasteiger partial charge in [-0.25, -0.2) is 9.78 Å². The first-order valence-electron chi connectivity index (χ1n) is 6.49. The fourth-order valence-corrected chi connectivity index (χ4v) is 1.91. The van der Waals surface area contributed by atoms with E-state index < -0.39 is 5.97 Å². The van der Waals surface area contributed by atoms with E-state index in [-0.39, 0.29) is 11.7 Å². The van der Waals surface area contributed by atoms with Gasteiger partial charge in [0.25, 0.3) is 0 Å². The summed E-state index contributed by atoms with van der Waals surface area (Å²) in [6.07, 6.45) is 0. The van der Waals surface area contributed by atoms with Crippen molar-refractivity contribution in [2.45, 2.75) is 19.5 Å². The van der Waals surface area contributed by atoms with Crippen LogP contribution in [0, 0.1) is 0 Å². The molecule has 0 bridgehead atoms. The second-order valence-corrected chi connectivity index (χ2v) is 4.59. The van der Waals surface area contributed by atoms with Gasteiger partial charge >= 0.3 is 5.97 Å². The molecule has 0 fully saturated rings. The number of nitrogens with zero attached hydrogens (tertiary/aromatic N) is 2. The minimum Gasteiger partial charge on any atom is -0.477 e. The zero-order valence-corrected chi connectivity index (χ0v) is 12.2. The van der Waals surface area contributed by atoms with Crippen molar-refractivity contribution >= 4 is 5.97 Å². The Balaban J connectivity index is 2.77. The largest absolute Gasteiger partial charge is 0.477 e. The molecule has 0 radical (unpaired) electrons. The fraction of sp³-hybridized carbons (Fsp3) is 0.571. The number of aromatic nitrogens is 1. The third-order valence-corrected chi connectivity index (χ3v) is 3.00. The maximum absolute atomic E-state index is 10.9. The van der Waals surface area contributed by atoms with E-state index in [2.05, 4.69) is 16.8 Å². The van der Waals surface area contributed by atoms with E-state index >= 15 is 0 Å². The van der Waals surface area contributed by atoms with Crippen molar-refractivity contribution in [2.75, 3.05) is 34.0 Å². The van der Waals surface area contributed by atoms with Crippen LogP contribution in [0.3, 0.4) is 0 Å². The zero-order chi connectivity index (χ0) is 15.0. The predicted molar refractivity (Wildman–Crippen MR) is 74.8 cm³/mol. The number of rotatable bonds is 9. The average Bonchev–Trinajstić information content (AvgIpc) is 2.44. The molecule has 0 amide bonds. The SMILES string of the molecule is COCCN(Cc1cccc(C(=O)O)n1)C(C)COC. The highest BCUT2D eigenvalue weighted by atomic mass is 16.5. The molecule has 0 aliphatic carbocycles. The third kappa shape index (κ3) is 5.24. The molecule has 6 heteroatoms. The number of pyridine rings is 1. The van der Waals surface area contributed by atoms with Gasteiger partial charge in [0.05, 0.1) is 18.9 Å². The minimum absolute atomic E-state index is 0.0635. The number of hydrogen-bond donors (Lipinski definition) is 1. The molecule has 0 saturated carbocycles. The van der Waals surface area contributed by atoms with Gasteiger partial charge in [-0.15, -0.1) is 0 Å². The first-order chi connectivity index (χ1) is 9.58. The molecule has 1 atom stereocenters. The first-order valence-corrected chi connectivity index (χ1v) is 6.49. The summed E-state index contributed by atoms with van der Waals surface area (Å²) in [6, 6.07) is 5.22. The van der Waals surface area contributed by atoms with Crippen molar-refractivity contribution in [3.8, 4) is 0 Å². The van der Waals surface area contributed by atoms with Gasteiger partial charge in [-0.3, -0.25) is 4.90 Å². The second kappa shape index (κ2) is 8.63. The molecule has 112 valence electrons. The van der Waals surface area contributed by atoms with Gasteiger partial charge < -0.3 is 14.6 Å². The summed E-state index contributed by atoms with van der Waals surface area (Å²) in [4.78, 5) is 17.2. The Morgan fingerprint density at radius 3 is 2.75 bits per heavy atom. The number of methoxy groups -OCH3 is 2. The molecular weight excluding hydrogens is 260 g/mol. The molecule has 20 heavy (non-hydrogen) atoms. The van der Waals surface area contributed by atoms with Crippen molar-refractivity contribution in [3.05, 3.63) is 29.6 Å². The summed E-state index contributed by atoms with van der Waals surface area (Å²) in [6.45, 7) is 4.56. The van der Waals surface area contributed by atoms with E-state index in [0.29, 0.717) is 19.8 Å². The van der Waals surface area contributed by atoms with E-state index in [9.17, 15) is 4.79 Å². The van der Waals surface area contributed by atoms with Crippen LogP contribution in [0.5, 0.6) is 0 Å². The van der Waals surface area contributed by atoms with Crippen LogP contribution in [-0.4, -0.2) is 61.0 Å². The van der Waals surface area contributed by atoms with Crippen LogP contribution in [0.15, 0.2) is 18.2 Å². The summed E-state index contributed by atoms with van der Waals surface area (Å²) in [5.41, 5.74) is 0.789. The third-order valence-electron chi connectivity index (χ3n) is 3.00. The summed E-state index contributed by atoms with van der Waals surface area (Å²) in [7, 11) is 3.32. The van der Waals surface area contributed by atoms with E-state index in [1.165, 1.54) is 6.07 Å². The standard InChI is InChI=1S/C14H22N2O4/c1-11(10-20-3)16(7-8-19-2)9-12-5-4-6-13(15-12)14(17)18/h4-6,11H,7-10H2,1-3H3,(H,17,18). The highest BCUT2D eigenvalue weighted by Gasteiger charge is 2.15. The Bertz CT molecular complexity index is 425. The molecule has 0 spiro atoms. The van der Waals surface area contributed by atoms with Gasteiger partial charge in [0.1, 0.15) is 5.69 Å². The number of hydrogen-bond acceptors (Lipinski definition) is 5. The van der Waals surface area contributed by atoms with Gasteiger partial charge in [-0.1, -0.05) is 6.07 Å². The van der Waals surface area contributed by atoms with Crippen molar-refractivity contribution < 1.29 is 19.4 Å². The molecule has 6 nitrogen and oxygen atoms in total. The number of carboxylic acid groups (broad SMARTS) is 1. The number of carbonyl (C=O) groups is 1. The lowest BCUT2D eigenvalue weighted by molar-refractivity contribution is 0.0674. The smallest absolute Gasteiger partial charge is 0.354 e. The van der Waals surface area contributed by atoms with Crippen LogP contribution in [0.4, 0.5) is 0 Å². The fourth-order valence-electron chi connectivity index (χ4n) is 1.91. The highest BCUT2D eigenvalue weighted by molar-refractivity contribution is 5.85. The minimum atomic E-state index is -1.01. The van der Waals surface area contributed by atoms with Gasteiger partial charge in [0, 0.05) is 33.4 Å². The predicted octanol–water partition coefficient (Wildman–Crippen LogP) is 1.26. The van der Waals surface area contributed by atoms with Crippen LogP contribution in [-0.2, 0) is 16.0 Å². The molecule has 0 saturated heterocycles. The molecule has 0 aliphatic heterocycles. The summed E-state index contributed by atoms with van der Waals surface area (Å²) < 4.78 is 10.3. The van der Waals surface area contributed by atoms with Gasteiger partial charge in [-0.05, 0) is 19.1 Å². The van der Waals surface area contributed by atoms with Crippen molar-refractivity contribution in [1.82, 2.24) is 9.88 Å². The van der Waals surface area contributed by atoms with Crippen molar-refractivity contribution in [1.29, 1.82) is 0 Å². The Hall–Kier alpha value is -1.50. The summed E-state index contributed by atoms with van der Waals surface area (Å²) >= 11 is 0. The molecular formula is C14H22N2O4. The molecule has 1 unspecified atom stereocenters. The Morgan fingerprint density at radius 2 is 2.15 bits per heavy atom. The van der Waals surface area contributed by atoms with Crippen molar-refractivity contribution in [2.24, 2.45) is 0 Å². The number of aromatic carboxylic acids is 1. The Morgan fingerprint density at radius 1 is 1.40 bits per heavy atom. The average molecular weight is 282 g/mol. The van der Waals surface area contributed by atoms with Crippen molar-refractivity contribution in [3.63, 3.8) is 0 Å². The summed E-state index contributed by atoms with van der Waals surface area (Å²) in [5.74, 6) is -1.01. The number of carboxylic acids is 1. The number of ether oxygens (including phenoxy) is 2. The van der Waals surface area contributed by atoms with Crippen LogP contribution in [0.2, 0.25) is 0 Å². The van der Waals surface area contributed by atoms with Crippen LogP contribution < -0.4 is 0 Å². The topological polar surface area (TPSA) is 71.9 Å². The van der Waals surface area contributed by atoms with Gasteiger partial charge in [-0.2, -0.15) is 0 Å². The maximum atomic E-state index is 10.9. The van der Waals surface area contributed by atoms with Crippen LogP contribution in [0.1, 0.15) is 23.1 Å². The molecule has 1 N–H and O–H groups in total. The molecule has 0 aliphatic rings. The van der Waals surface area contributed by atoms with E-state index in [1.54, 1.807) is 20.3 Å². The molecule has 1 rings (SSSR count). The van der Waals surface area contributed by atoms with E-state index in [0.717, 1.165) is 12.2 Å². The first kappa shape index (κ1) is 16.6. The maximum Gasteiger partial charge on any atom is 0.354 e. The molecule has 1 heterocycles. The van der Waals surface area contributed by atoms with Gasteiger partial charge in [0.2, 0.25) is 0 Å². The Kier molecular flexibility index (Phi) is 7.14. The van der Waals surface area contributed by atoms with Crippen LogP contribution in [0.25, 0.3) is 0 Å². The van der Waals surface area contributed by atoms with Gasteiger partial charge in [0.15, 0.2) is 0 Å². The Labute approximate surface area is 119 Å². The molecule has 0 aromatic carbocycles. The quantitative estimate of drug-likeness (QED) is 0.735. The lowest BCUT2D eigenvalue weighted by Gasteiger charge is -2.28. The lowest BCUT2D eigenvalue weighted by atomic mass is 10.2. The normalized spacial score (nSPS) is 12.6. The second-order valence-electron chi connectivity index (χ2n) is 4.59. The highest BCUT2D eigenvalue weighted by Crippen LogP contribution is 2.08.